The summed E-state index contributed by atoms with van der Waals surface area (Å²) in [7, 11) is 0. The molecule has 6 nitrogen and oxygen atoms in total. The Hall–Kier alpha value is -2.41. The van der Waals surface area contributed by atoms with E-state index in [1.807, 2.05) is 47.4 Å². The number of rotatable bonds is 3. The van der Waals surface area contributed by atoms with Gasteiger partial charge in [-0.2, -0.15) is 0 Å². The Morgan fingerprint density at radius 3 is 2.96 bits per heavy atom. The molecular weight excluding hydrogens is 334 g/mol. The number of carbonyl (C=O) groups is 1. The van der Waals surface area contributed by atoms with Crippen molar-refractivity contribution in [1.82, 2.24) is 19.6 Å². The molecule has 0 spiro atoms. The van der Waals surface area contributed by atoms with Gasteiger partial charge in [-0.3, -0.25) is 9.20 Å². The lowest BCUT2D eigenvalue weighted by Gasteiger charge is -2.29. The first kappa shape index (κ1) is 16.1. The molecule has 0 aliphatic carbocycles. The predicted molar refractivity (Wildman–Crippen MR) is 98.1 cm³/mol. The Balaban J connectivity index is 1.54. The summed E-state index contributed by atoms with van der Waals surface area (Å²) in [6.07, 6.45) is 2.04. The molecule has 3 aromatic rings. The van der Waals surface area contributed by atoms with Gasteiger partial charge in [-0.1, -0.05) is 30.0 Å². The number of nitrogens with zero attached hydrogens (tertiary/aromatic N) is 5. The SMILES string of the molecule is Cc1cc(C)n2c(SCC(=O)N3CCCc4ccccc43)nnc2n1. The maximum Gasteiger partial charge on any atom is 0.256 e. The zero-order valence-electron chi connectivity index (χ0n) is 14.3. The summed E-state index contributed by atoms with van der Waals surface area (Å²) in [4.78, 5) is 19.0. The average Bonchev–Trinajstić information content (AvgIpc) is 3.02. The molecule has 2 aromatic heterocycles. The van der Waals surface area contributed by atoms with Crippen molar-refractivity contribution in [1.29, 1.82) is 0 Å². The summed E-state index contributed by atoms with van der Waals surface area (Å²) in [6.45, 7) is 4.71. The van der Waals surface area contributed by atoms with Gasteiger partial charge in [-0.15, -0.1) is 10.2 Å². The molecule has 7 heteroatoms. The third kappa shape index (κ3) is 3.00. The van der Waals surface area contributed by atoms with Gasteiger partial charge in [0, 0.05) is 23.6 Å². The van der Waals surface area contributed by atoms with E-state index in [-0.39, 0.29) is 5.91 Å². The maximum absolute atomic E-state index is 12.8. The number of fused-ring (bicyclic) bond motifs is 2. The first-order valence-electron chi connectivity index (χ1n) is 8.34. The first-order chi connectivity index (χ1) is 12.1. The van der Waals surface area contributed by atoms with E-state index in [0.717, 1.165) is 36.5 Å². The number of amides is 1. The molecule has 0 radical (unpaired) electrons. The standard InChI is InChI=1S/C18H19N5OS/c1-12-10-13(2)23-17(19-12)20-21-18(23)25-11-16(24)22-9-5-7-14-6-3-4-8-15(14)22/h3-4,6,8,10H,5,7,9,11H2,1-2H3. The fourth-order valence-electron chi connectivity index (χ4n) is 3.29. The summed E-state index contributed by atoms with van der Waals surface area (Å²) < 4.78 is 1.90. The molecule has 1 amide bonds. The monoisotopic (exact) mass is 353 g/mol. The molecule has 0 saturated carbocycles. The molecule has 0 bridgehead atoms. The molecule has 1 aromatic carbocycles. The fraction of sp³-hybridized carbons (Fsp3) is 0.333. The van der Waals surface area contributed by atoms with Gasteiger partial charge in [0.25, 0.3) is 5.78 Å². The largest absolute Gasteiger partial charge is 0.311 e. The number of benzene rings is 1. The molecule has 0 fully saturated rings. The van der Waals surface area contributed by atoms with Gasteiger partial charge in [0.2, 0.25) is 5.91 Å². The summed E-state index contributed by atoms with van der Waals surface area (Å²) in [5.74, 6) is 1.02. The van der Waals surface area contributed by atoms with E-state index in [1.165, 1.54) is 17.3 Å². The van der Waals surface area contributed by atoms with Crippen LogP contribution in [0.3, 0.4) is 0 Å². The van der Waals surface area contributed by atoms with Crippen LogP contribution in [0.2, 0.25) is 0 Å². The van der Waals surface area contributed by atoms with Crippen molar-refractivity contribution in [2.75, 3.05) is 17.2 Å². The van der Waals surface area contributed by atoms with Gasteiger partial charge in [0.05, 0.1) is 5.75 Å². The third-order valence-electron chi connectivity index (χ3n) is 4.40. The molecule has 3 heterocycles. The number of carbonyl (C=O) groups excluding carboxylic acids is 1. The lowest BCUT2D eigenvalue weighted by Crippen LogP contribution is -2.36. The number of para-hydroxylation sites is 1. The minimum atomic E-state index is 0.103. The van der Waals surface area contributed by atoms with Crippen LogP contribution >= 0.6 is 11.8 Å². The van der Waals surface area contributed by atoms with E-state index in [0.29, 0.717) is 16.7 Å². The number of hydrogen-bond acceptors (Lipinski definition) is 5. The van der Waals surface area contributed by atoms with Crippen LogP contribution in [0.1, 0.15) is 23.4 Å². The van der Waals surface area contributed by atoms with Gasteiger partial charge in [0.1, 0.15) is 0 Å². The molecule has 0 N–H and O–H groups in total. The summed E-state index contributed by atoms with van der Waals surface area (Å²) in [5.41, 5.74) is 4.22. The van der Waals surface area contributed by atoms with Crippen molar-refractivity contribution in [3.8, 4) is 0 Å². The van der Waals surface area contributed by atoms with E-state index < -0.39 is 0 Å². The van der Waals surface area contributed by atoms with Crippen molar-refractivity contribution >= 4 is 29.1 Å². The average molecular weight is 353 g/mol. The minimum absolute atomic E-state index is 0.103. The molecule has 0 atom stereocenters. The molecule has 0 saturated heterocycles. The van der Waals surface area contributed by atoms with Crippen LogP contribution in [0, 0.1) is 13.8 Å². The summed E-state index contributed by atoms with van der Waals surface area (Å²) in [6, 6.07) is 10.1. The Labute approximate surface area is 150 Å². The quantitative estimate of drug-likeness (QED) is 0.678. The normalized spacial score (nSPS) is 13.9. The molecule has 128 valence electrons. The molecule has 1 aliphatic heterocycles. The van der Waals surface area contributed by atoms with Crippen molar-refractivity contribution in [2.24, 2.45) is 0 Å². The Bertz CT molecular complexity index is 952. The molecule has 25 heavy (non-hydrogen) atoms. The van der Waals surface area contributed by atoms with Gasteiger partial charge in [-0.05, 0) is 44.4 Å². The molecular formula is C18H19N5OS. The van der Waals surface area contributed by atoms with Gasteiger partial charge in [-0.25, -0.2) is 4.98 Å². The molecule has 4 rings (SSSR count). The van der Waals surface area contributed by atoms with Crippen LogP contribution in [0.25, 0.3) is 5.78 Å². The third-order valence-corrected chi connectivity index (χ3v) is 5.31. The van der Waals surface area contributed by atoms with Crippen molar-refractivity contribution in [3.05, 3.63) is 47.3 Å². The summed E-state index contributed by atoms with van der Waals surface area (Å²) >= 11 is 1.41. The minimum Gasteiger partial charge on any atom is -0.311 e. The van der Waals surface area contributed by atoms with Crippen LogP contribution in [0.5, 0.6) is 0 Å². The van der Waals surface area contributed by atoms with Gasteiger partial charge in [0.15, 0.2) is 5.16 Å². The van der Waals surface area contributed by atoms with Crippen LogP contribution < -0.4 is 4.90 Å². The number of thioether (sulfide) groups is 1. The molecule has 0 unspecified atom stereocenters. The van der Waals surface area contributed by atoms with Crippen molar-refractivity contribution in [2.45, 2.75) is 31.8 Å². The van der Waals surface area contributed by atoms with Gasteiger partial charge >= 0.3 is 0 Å². The summed E-state index contributed by atoms with van der Waals surface area (Å²) in [5, 5.41) is 9.03. The van der Waals surface area contributed by atoms with Crippen LogP contribution in [-0.2, 0) is 11.2 Å². The van der Waals surface area contributed by atoms with Crippen LogP contribution in [0.15, 0.2) is 35.5 Å². The van der Waals surface area contributed by atoms with Crippen molar-refractivity contribution in [3.63, 3.8) is 0 Å². The highest BCUT2D eigenvalue weighted by molar-refractivity contribution is 7.99. The molecule has 1 aliphatic rings. The number of anilines is 1. The van der Waals surface area contributed by atoms with Crippen LogP contribution in [-0.4, -0.2) is 37.8 Å². The highest BCUT2D eigenvalue weighted by Gasteiger charge is 2.23. The number of aryl methyl sites for hydroxylation is 3. The fourth-order valence-corrected chi connectivity index (χ4v) is 4.15. The van der Waals surface area contributed by atoms with Crippen LogP contribution in [0.4, 0.5) is 5.69 Å². The Morgan fingerprint density at radius 1 is 1.24 bits per heavy atom. The van der Waals surface area contributed by atoms with E-state index in [4.69, 9.17) is 0 Å². The van der Waals surface area contributed by atoms with E-state index in [1.54, 1.807) is 0 Å². The Kier molecular flexibility index (Phi) is 4.17. The number of hydrogen-bond donors (Lipinski definition) is 0. The van der Waals surface area contributed by atoms with E-state index in [9.17, 15) is 4.79 Å². The second-order valence-corrected chi connectivity index (χ2v) is 7.17. The lowest BCUT2D eigenvalue weighted by atomic mass is 10.0. The van der Waals surface area contributed by atoms with E-state index in [2.05, 4.69) is 21.2 Å². The first-order valence-corrected chi connectivity index (χ1v) is 9.32. The smallest absolute Gasteiger partial charge is 0.256 e. The van der Waals surface area contributed by atoms with Gasteiger partial charge < -0.3 is 4.90 Å². The second-order valence-electron chi connectivity index (χ2n) is 6.22. The number of aromatic nitrogens is 4. The Morgan fingerprint density at radius 2 is 2.08 bits per heavy atom. The highest BCUT2D eigenvalue weighted by atomic mass is 32.2. The zero-order chi connectivity index (χ0) is 17.4. The lowest BCUT2D eigenvalue weighted by molar-refractivity contribution is -0.116. The second kappa shape index (κ2) is 6.48. The maximum atomic E-state index is 12.8. The predicted octanol–water partition coefficient (Wildman–Crippen LogP) is 2.81. The van der Waals surface area contributed by atoms with E-state index >= 15 is 0 Å². The topological polar surface area (TPSA) is 63.4 Å². The highest BCUT2D eigenvalue weighted by Crippen LogP contribution is 2.28. The zero-order valence-corrected chi connectivity index (χ0v) is 15.1. The van der Waals surface area contributed by atoms with Crippen molar-refractivity contribution < 1.29 is 4.79 Å².